The first-order valence-electron chi connectivity index (χ1n) is 5.08. The zero-order chi connectivity index (χ0) is 12.0. The van der Waals surface area contributed by atoms with Crippen LogP contribution in [0.5, 0.6) is 0 Å². The van der Waals surface area contributed by atoms with Gasteiger partial charge in [0.2, 0.25) is 5.95 Å². The second-order valence-corrected chi connectivity index (χ2v) is 3.19. The second-order valence-electron chi connectivity index (χ2n) is 3.19. The molecular weight excluding hydrogens is 208 g/mol. The van der Waals surface area contributed by atoms with Gasteiger partial charge in [0.15, 0.2) is 0 Å². The Morgan fingerprint density at radius 3 is 3.00 bits per heavy atom. The fraction of sp³-hybridized carbons (Fsp3) is 0.500. The van der Waals surface area contributed by atoms with Crippen molar-refractivity contribution in [3.63, 3.8) is 0 Å². The maximum atomic E-state index is 11.2. The van der Waals surface area contributed by atoms with Crippen LogP contribution >= 0.6 is 0 Å². The molecule has 0 aliphatic rings. The van der Waals surface area contributed by atoms with Crippen LogP contribution in [0, 0.1) is 0 Å². The Kier molecular flexibility index (Phi) is 4.50. The Hall–Kier alpha value is -1.85. The van der Waals surface area contributed by atoms with E-state index in [1.165, 1.54) is 7.11 Å². The number of ether oxygens (including phenoxy) is 1. The molecule has 0 fully saturated rings. The number of nitrogens with zero attached hydrogens (tertiary/aromatic N) is 2. The van der Waals surface area contributed by atoms with E-state index >= 15 is 0 Å². The predicted molar refractivity (Wildman–Crippen MR) is 61.3 cm³/mol. The van der Waals surface area contributed by atoms with Crippen molar-refractivity contribution >= 4 is 17.7 Å². The Morgan fingerprint density at radius 1 is 1.62 bits per heavy atom. The molecule has 1 atom stereocenters. The van der Waals surface area contributed by atoms with Gasteiger partial charge in [0.05, 0.1) is 7.11 Å². The molecule has 0 aliphatic heterocycles. The number of esters is 1. The average Bonchev–Trinajstić information content (AvgIpc) is 2.29. The Balaban J connectivity index is 2.66. The van der Waals surface area contributed by atoms with E-state index in [-0.39, 0.29) is 5.97 Å². The van der Waals surface area contributed by atoms with E-state index in [0.717, 1.165) is 6.54 Å². The molecule has 1 aromatic rings. The van der Waals surface area contributed by atoms with Crippen LogP contribution in [0.25, 0.3) is 0 Å². The SMILES string of the molecule is CCNc1nccc(NC(C)C(=O)OC)n1. The first-order chi connectivity index (χ1) is 7.67. The van der Waals surface area contributed by atoms with Crippen molar-refractivity contribution in [1.29, 1.82) is 0 Å². The molecule has 0 bridgehead atoms. The number of carbonyl (C=O) groups is 1. The number of aromatic nitrogens is 2. The normalized spacial score (nSPS) is 11.7. The molecule has 2 N–H and O–H groups in total. The van der Waals surface area contributed by atoms with Crippen molar-refractivity contribution in [3.05, 3.63) is 12.3 Å². The number of rotatable bonds is 5. The minimum Gasteiger partial charge on any atom is -0.467 e. The van der Waals surface area contributed by atoms with Crippen LogP contribution in [0.2, 0.25) is 0 Å². The molecule has 1 aromatic heterocycles. The highest BCUT2D eigenvalue weighted by Crippen LogP contribution is 2.07. The van der Waals surface area contributed by atoms with Crippen LogP contribution in [-0.4, -0.2) is 35.6 Å². The van der Waals surface area contributed by atoms with E-state index in [4.69, 9.17) is 0 Å². The maximum absolute atomic E-state index is 11.2. The summed E-state index contributed by atoms with van der Waals surface area (Å²) in [5, 5.41) is 5.91. The van der Waals surface area contributed by atoms with E-state index < -0.39 is 6.04 Å². The third-order valence-corrected chi connectivity index (χ3v) is 1.91. The fourth-order valence-corrected chi connectivity index (χ4v) is 1.14. The van der Waals surface area contributed by atoms with Crippen LogP contribution < -0.4 is 10.6 Å². The van der Waals surface area contributed by atoms with Crippen molar-refractivity contribution in [2.24, 2.45) is 0 Å². The lowest BCUT2D eigenvalue weighted by Gasteiger charge is -2.12. The van der Waals surface area contributed by atoms with Crippen molar-refractivity contribution in [3.8, 4) is 0 Å². The minimum absolute atomic E-state index is 0.330. The first-order valence-corrected chi connectivity index (χ1v) is 5.08. The minimum atomic E-state index is -0.436. The molecule has 1 rings (SSSR count). The number of carbonyl (C=O) groups excluding carboxylic acids is 1. The van der Waals surface area contributed by atoms with Gasteiger partial charge >= 0.3 is 5.97 Å². The van der Waals surface area contributed by atoms with Crippen molar-refractivity contribution < 1.29 is 9.53 Å². The third-order valence-electron chi connectivity index (χ3n) is 1.91. The summed E-state index contributed by atoms with van der Waals surface area (Å²) in [5.74, 6) is 0.789. The molecule has 88 valence electrons. The summed E-state index contributed by atoms with van der Waals surface area (Å²) in [6.45, 7) is 4.41. The molecular formula is C10H16N4O2. The number of nitrogens with one attached hydrogen (secondary N) is 2. The van der Waals surface area contributed by atoms with E-state index in [2.05, 4.69) is 25.3 Å². The van der Waals surface area contributed by atoms with Crippen LogP contribution in [0.15, 0.2) is 12.3 Å². The predicted octanol–water partition coefficient (Wildman–Crippen LogP) is 0.882. The van der Waals surface area contributed by atoms with Gasteiger partial charge in [0, 0.05) is 12.7 Å². The second kappa shape index (κ2) is 5.89. The Morgan fingerprint density at radius 2 is 2.38 bits per heavy atom. The Labute approximate surface area is 94.4 Å². The summed E-state index contributed by atoms with van der Waals surface area (Å²) in [7, 11) is 1.35. The number of anilines is 2. The van der Waals surface area contributed by atoms with Crippen LogP contribution in [0.3, 0.4) is 0 Å². The van der Waals surface area contributed by atoms with Crippen LogP contribution in [-0.2, 0) is 9.53 Å². The summed E-state index contributed by atoms with van der Waals surface area (Å²) < 4.78 is 4.60. The molecule has 0 spiro atoms. The zero-order valence-electron chi connectivity index (χ0n) is 9.65. The summed E-state index contributed by atoms with van der Waals surface area (Å²) in [4.78, 5) is 19.4. The topological polar surface area (TPSA) is 76.1 Å². The maximum Gasteiger partial charge on any atom is 0.328 e. The molecule has 1 unspecified atom stereocenters. The van der Waals surface area contributed by atoms with Crippen molar-refractivity contribution in [1.82, 2.24) is 9.97 Å². The first kappa shape index (κ1) is 12.2. The summed E-state index contributed by atoms with van der Waals surface area (Å²) in [5.41, 5.74) is 0. The van der Waals surface area contributed by atoms with Crippen LogP contribution in [0.4, 0.5) is 11.8 Å². The van der Waals surface area contributed by atoms with Gasteiger partial charge in [0.25, 0.3) is 0 Å². The lowest BCUT2D eigenvalue weighted by atomic mass is 10.3. The molecule has 0 radical (unpaired) electrons. The van der Waals surface area contributed by atoms with Crippen molar-refractivity contribution in [2.45, 2.75) is 19.9 Å². The quantitative estimate of drug-likeness (QED) is 0.723. The summed E-state index contributed by atoms with van der Waals surface area (Å²) in [6, 6.07) is 1.26. The van der Waals surface area contributed by atoms with E-state index in [9.17, 15) is 4.79 Å². The summed E-state index contributed by atoms with van der Waals surface area (Å²) >= 11 is 0. The van der Waals surface area contributed by atoms with Crippen molar-refractivity contribution in [2.75, 3.05) is 24.3 Å². The lowest BCUT2D eigenvalue weighted by molar-refractivity contribution is -0.141. The van der Waals surface area contributed by atoms with E-state index in [0.29, 0.717) is 11.8 Å². The molecule has 16 heavy (non-hydrogen) atoms. The van der Waals surface area contributed by atoms with Gasteiger partial charge in [-0.1, -0.05) is 0 Å². The highest BCUT2D eigenvalue weighted by Gasteiger charge is 2.13. The van der Waals surface area contributed by atoms with Gasteiger partial charge in [-0.25, -0.2) is 9.78 Å². The zero-order valence-corrected chi connectivity index (χ0v) is 9.65. The van der Waals surface area contributed by atoms with Gasteiger partial charge in [-0.05, 0) is 19.9 Å². The number of hydrogen-bond donors (Lipinski definition) is 2. The highest BCUT2D eigenvalue weighted by atomic mass is 16.5. The smallest absolute Gasteiger partial charge is 0.328 e. The standard InChI is InChI=1S/C10H16N4O2/c1-4-11-10-12-6-5-8(14-10)13-7(2)9(15)16-3/h5-7H,4H2,1-3H3,(H2,11,12,13,14). The fourth-order valence-electron chi connectivity index (χ4n) is 1.14. The molecule has 6 nitrogen and oxygen atoms in total. The lowest BCUT2D eigenvalue weighted by Crippen LogP contribution is -2.27. The van der Waals surface area contributed by atoms with Gasteiger partial charge in [-0.2, -0.15) is 4.98 Å². The summed E-state index contributed by atoms with van der Waals surface area (Å²) in [6.07, 6.45) is 1.62. The average molecular weight is 224 g/mol. The molecule has 1 heterocycles. The molecule has 0 aliphatic carbocycles. The van der Waals surface area contributed by atoms with E-state index in [1.54, 1.807) is 19.2 Å². The monoisotopic (exact) mass is 224 g/mol. The molecule has 0 saturated carbocycles. The molecule has 0 amide bonds. The number of hydrogen-bond acceptors (Lipinski definition) is 6. The Bertz CT molecular complexity index is 356. The highest BCUT2D eigenvalue weighted by molar-refractivity contribution is 5.78. The molecule has 0 saturated heterocycles. The van der Waals surface area contributed by atoms with Gasteiger partial charge < -0.3 is 15.4 Å². The van der Waals surface area contributed by atoms with Gasteiger partial charge in [0.1, 0.15) is 11.9 Å². The van der Waals surface area contributed by atoms with Gasteiger partial charge in [-0.3, -0.25) is 0 Å². The largest absolute Gasteiger partial charge is 0.467 e. The van der Waals surface area contributed by atoms with E-state index in [1.807, 2.05) is 6.92 Å². The number of methoxy groups -OCH3 is 1. The third kappa shape index (κ3) is 3.38. The molecule has 6 heteroatoms. The van der Waals surface area contributed by atoms with Crippen LogP contribution in [0.1, 0.15) is 13.8 Å². The molecule has 0 aromatic carbocycles. The van der Waals surface area contributed by atoms with Gasteiger partial charge in [-0.15, -0.1) is 0 Å².